The van der Waals surface area contributed by atoms with E-state index >= 15 is 0 Å². The molecule has 4 heteroatoms. The van der Waals surface area contributed by atoms with Crippen molar-refractivity contribution in [3.05, 3.63) is 29.6 Å². The molecule has 0 heterocycles. The molecular weight excluding hydrogens is 171 g/mol. The van der Waals surface area contributed by atoms with Crippen molar-refractivity contribution in [2.24, 2.45) is 5.73 Å². The molecule has 0 aliphatic heterocycles. The van der Waals surface area contributed by atoms with Gasteiger partial charge in [0.25, 0.3) is 0 Å². The molecule has 0 aliphatic rings. The van der Waals surface area contributed by atoms with E-state index in [9.17, 15) is 4.39 Å². The lowest BCUT2D eigenvalue weighted by Gasteiger charge is -2.13. The molecular formula is C9H13FN2O. The molecule has 0 spiro atoms. The van der Waals surface area contributed by atoms with E-state index in [1.807, 2.05) is 0 Å². The Morgan fingerprint density at radius 1 is 1.54 bits per heavy atom. The lowest BCUT2D eigenvalue weighted by Crippen LogP contribution is -2.19. The average Bonchev–Trinajstić information content (AvgIpc) is 2.04. The number of ether oxygens (including phenoxy) is 1. The maximum Gasteiger partial charge on any atom is 0.130 e. The fourth-order valence-electron chi connectivity index (χ4n) is 1.21. The summed E-state index contributed by atoms with van der Waals surface area (Å²) in [6.45, 7) is 0.255. The van der Waals surface area contributed by atoms with Crippen LogP contribution in [0.4, 0.5) is 10.1 Å². The van der Waals surface area contributed by atoms with E-state index in [0.717, 1.165) is 0 Å². The van der Waals surface area contributed by atoms with Gasteiger partial charge in [-0.2, -0.15) is 0 Å². The van der Waals surface area contributed by atoms with Gasteiger partial charge in [0.2, 0.25) is 0 Å². The van der Waals surface area contributed by atoms with E-state index in [2.05, 4.69) is 0 Å². The van der Waals surface area contributed by atoms with Crippen LogP contribution in [0.15, 0.2) is 18.2 Å². The van der Waals surface area contributed by atoms with Gasteiger partial charge >= 0.3 is 0 Å². The van der Waals surface area contributed by atoms with Crippen molar-refractivity contribution in [2.45, 2.75) is 6.04 Å². The van der Waals surface area contributed by atoms with Crippen molar-refractivity contribution in [3.63, 3.8) is 0 Å². The number of hydrogen-bond donors (Lipinski definition) is 2. The largest absolute Gasteiger partial charge is 0.398 e. The summed E-state index contributed by atoms with van der Waals surface area (Å²) in [5, 5.41) is 0. The van der Waals surface area contributed by atoms with Gasteiger partial charge in [-0.1, -0.05) is 6.07 Å². The summed E-state index contributed by atoms with van der Waals surface area (Å²) < 4.78 is 18.0. The highest BCUT2D eigenvalue weighted by molar-refractivity contribution is 5.48. The maximum absolute atomic E-state index is 13.2. The highest BCUT2D eigenvalue weighted by Gasteiger charge is 2.13. The van der Waals surface area contributed by atoms with Crippen LogP contribution in [0.25, 0.3) is 0 Å². The summed E-state index contributed by atoms with van der Waals surface area (Å²) >= 11 is 0. The first-order chi connectivity index (χ1) is 6.16. The topological polar surface area (TPSA) is 61.3 Å². The zero-order valence-electron chi connectivity index (χ0n) is 7.46. The third kappa shape index (κ3) is 2.17. The number of rotatable bonds is 3. The minimum atomic E-state index is -0.508. The van der Waals surface area contributed by atoms with Gasteiger partial charge in [-0.25, -0.2) is 4.39 Å². The molecule has 0 saturated heterocycles. The van der Waals surface area contributed by atoms with Gasteiger partial charge in [-0.15, -0.1) is 0 Å². The number of anilines is 1. The van der Waals surface area contributed by atoms with Gasteiger partial charge < -0.3 is 16.2 Å². The number of nitrogens with two attached hydrogens (primary N) is 2. The minimum Gasteiger partial charge on any atom is -0.398 e. The van der Waals surface area contributed by atoms with Crippen LogP contribution in [0, 0.1) is 5.82 Å². The van der Waals surface area contributed by atoms with Crippen LogP contribution in [0.3, 0.4) is 0 Å². The molecule has 3 nitrogen and oxygen atoms in total. The third-order valence-corrected chi connectivity index (χ3v) is 1.80. The van der Waals surface area contributed by atoms with Crippen LogP contribution < -0.4 is 11.5 Å². The zero-order valence-corrected chi connectivity index (χ0v) is 7.46. The number of hydrogen-bond acceptors (Lipinski definition) is 3. The Labute approximate surface area is 76.5 Å². The molecule has 1 atom stereocenters. The highest BCUT2D eigenvalue weighted by atomic mass is 19.1. The van der Waals surface area contributed by atoms with Crippen molar-refractivity contribution in [1.29, 1.82) is 0 Å². The Morgan fingerprint density at radius 3 is 2.77 bits per heavy atom. The first kappa shape index (κ1) is 9.95. The Balaban J connectivity index is 2.98. The van der Waals surface area contributed by atoms with Gasteiger partial charge in [0.1, 0.15) is 5.82 Å². The molecule has 1 aromatic rings. The van der Waals surface area contributed by atoms with E-state index in [1.165, 1.54) is 13.2 Å². The fraction of sp³-hybridized carbons (Fsp3) is 0.333. The Bertz CT molecular complexity index is 271. The van der Waals surface area contributed by atoms with Crippen LogP contribution in [-0.2, 0) is 4.74 Å². The van der Waals surface area contributed by atoms with Crippen LogP contribution >= 0.6 is 0 Å². The Hall–Kier alpha value is -1.13. The number of nitrogen functional groups attached to an aromatic ring is 1. The van der Waals surface area contributed by atoms with Crippen LogP contribution in [0.5, 0.6) is 0 Å². The van der Waals surface area contributed by atoms with Gasteiger partial charge in [-0.3, -0.25) is 0 Å². The Kier molecular flexibility index (Phi) is 3.22. The van der Waals surface area contributed by atoms with Gasteiger partial charge in [-0.05, 0) is 12.1 Å². The molecule has 0 amide bonds. The molecule has 0 radical (unpaired) electrons. The second-order valence-electron chi connectivity index (χ2n) is 2.80. The molecule has 0 aromatic heterocycles. The predicted molar refractivity (Wildman–Crippen MR) is 49.6 cm³/mol. The monoisotopic (exact) mass is 184 g/mol. The minimum absolute atomic E-state index is 0.255. The van der Waals surface area contributed by atoms with Crippen LogP contribution in [0.1, 0.15) is 11.6 Å². The van der Waals surface area contributed by atoms with Gasteiger partial charge in [0.15, 0.2) is 0 Å². The SMILES string of the molecule is COCC(N)c1c(N)cccc1F. The molecule has 0 aliphatic carbocycles. The molecule has 0 saturated carbocycles. The standard InChI is InChI=1S/C9H13FN2O/c1-13-5-8(12)9-6(10)3-2-4-7(9)11/h2-4,8H,5,11-12H2,1H3. The summed E-state index contributed by atoms with van der Waals surface area (Å²) in [7, 11) is 1.51. The van der Waals surface area contributed by atoms with E-state index in [1.54, 1.807) is 12.1 Å². The van der Waals surface area contributed by atoms with E-state index in [-0.39, 0.29) is 12.4 Å². The molecule has 1 rings (SSSR count). The highest BCUT2D eigenvalue weighted by Crippen LogP contribution is 2.21. The second-order valence-corrected chi connectivity index (χ2v) is 2.80. The molecule has 1 aromatic carbocycles. The van der Waals surface area contributed by atoms with Crippen molar-refractivity contribution in [2.75, 3.05) is 19.5 Å². The quantitative estimate of drug-likeness (QED) is 0.690. The lowest BCUT2D eigenvalue weighted by atomic mass is 10.1. The lowest BCUT2D eigenvalue weighted by molar-refractivity contribution is 0.180. The first-order valence-electron chi connectivity index (χ1n) is 3.95. The van der Waals surface area contributed by atoms with E-state index < -0.39 is 6.04 Å². The number of halogens is 1. The van der Waals surface area contributed by atoms with Gasteiger partial charge in [0, 0.05) is 18.4 Å². The third-order valence-electron chi connectivity index (χ3n) is 1.80. The predicted octanol–water partition coefficient (Wildman–Crippen LogP) is 1.05. The molecule has 72 valence electrons. The molecule has 13 heavy (non-hydrogen) atoms. The summed E-state index contributed by atoms with van der Waals surface area (Å²) in [5.41, 5.74) is 11.9. The number of methoxy groups -OCH3 is 1. The van der Waals surface area contributed by atoms with Crippen molar-refractivity contribution in [3.8, 4) is 0 Å². The molecule has 0 fully saturated rings. The van der Waals surface area contributed by atoms with Gasteiger partial charge in [0.05, 0.1) is 12.6 Å². The molecule has 0 bridgehead atoms. The van der Waals surface area contributed by atoms with Crippen molar-refractivity contribution < 1.29 is 9.13 Å². The maximum atomic E-state index is 13.2. The second kappa shape index (κ2) is 4.20. The van der Waals surface area contributed by atoms with Crippen LogP contribution in [-0.4, -0.2) is 13.7 Å². The molecule has 1 unspecified atom stereocenters. The summed E-state index contributed by atoms with van der Waals surface area (Å²) in [6.07, 6.45) is 0. The summed E-state index contributed by atoms with van der Waals surface area (Å²) in [5.74, 6) is -0.385. The average molecular weight is 184 g/mol. The summed E-state index contributed by atoms with van der Waals surface area (Å²) in [4.78, 5) is 0. The van der Waals surface area contributed by atoms with Crippen molar-refractivity contribution in [1.82, 2.24) is 0 Å². The van der Waals surface area contributed by atoms with E-state index in [0.29, 0.717) is 11.3 Å². The smallest absolute Gasteiger partial charge is 0.130 e. The summed E-state index contributed by atoms with van der Waals surface area (Å²) in [6, 6.07) is 3.99. The normalized spacial score (nSPS) is 12.8. The fourth-order valence-corrected chi connectivity index (χ4v) is 1.21. The first-order valence-corrected chi connectivity index (χ1v) is 3.95. The zero-order chi connectivity index (χ0) is 9.84. The number of benzene rings is 1. The van der Waals surface area contributed by atoms with E-state index in [4.69, 9.17) is 16.2 Å². The van der Waals surface area contributed by atoms with Crippen LogP contribution in [0.2, 0.25) is 0 Å². The molecule has 4 N–H and O–H groups in total. The Morgan fingerprint density at radius 2 is 2.23 bits per heavy atom. The van der Waals surface area contributed by atoms with Crippen molar-refractivity contribution >= 4 is 5.69 Å².